The van der Waals surface area contributed by atoms with E-state index < -0.39 is 5.82 Å². The van der Waals surface area contributed by atoms with Crippen molar-refractivity contribution >= 4 is 54.8 Å². The number of thiophene rings is 1. The fourth-order valence-electron chi connectivity index (χ4n) is 1.44. The molecule has 90 valence electrons. The van der Waals surface area contributed by atoms with Crippen LogP contribution in [0, 0.1) is 12.7 Å². The van der Waals surface area contributed by atoms with Crippen molar-refractivity contribution in [2.75, 3.05) is 0 Å². The van der Waals surface area contributed by atoms with Gasteiger partial charge in [0.2, 0.25) is 0 Å². The topological polar surface area (TPSA) is 0 Å². The molecule has 5 heteroatoms. The van der Waals surface area contributed by atoms with E-state index in [1.54, 1.807) is 23.5 Å². The molecular weight excluding hydrogens is 390 g/mol. The smallest absolute Gasteiger partial charge is 0.141 e. The Morgan fingerprint density at radius 2 is 2.06 bits per heavy atom. The first-order valence-electron chi connectivity index (χ1n) is 4.84. The van der Waals surface area contributed by atoms with E-state index in [0.29, 0.717) is 0 Å². The molecule has 1 heterocycles. The van der Waals surface area contributed by atoms with Gasteiger partial charge in [0.05, 0.1) is 13.6 Å². The fraction of sp³-hybridized carbons (Fsp3) is 0.167. The molecule has 0 aliphatic carbocycles. The summed E-state index contributed by atoms with van der Waals surface area (Å²) < 4.78 is 14.2. The molecule has 17 heavy (non-hydrogen) atoms. The predicted molar refractivity (Wildman–Crippen MR) is 78.9 cm³/mol. The molecule has 0 saturated carbocycles. The third kappa shape index (κ3) is 2.92. The summed E-state index contributed by atoms with van der Waals surface area (Å²) in [5.74, 6) is -0.390. The van der Waals surface area contributed by atoms with E-state index in [2.05, 4.69) is 37.9 Å². The van der Waals surface area contributed by atoms with Crippen LogP contribution in [-0.4, -0.2) is 0 Å². The number of halogens is 4. The van der Waals surface area contributed by atoms with Crippen LogP contribution < -0.4 is 0 Å². The van der Waals surface area contributed by atoms with E-state index >= 15 is 0 Å². The second kappa shape index (κ2) is 5.39. The normalized spacial score (nSPS) is 12.8. The summed E-state index contributed by atoms with van der Waals surface area (Å²) in [5, 5.41) is 0.152. The lowest BCUT2D eigenvalue weighted by Crippen LogP contribution is -1.90. The number of benzene rings is 1. The number of rotatable bonds is 2. The third-order valence-corrected chi connectivity index (χ3v) is 6.18. The molecule has 1 aromatic heterocycles. The van der Waals surface area contributed by atoms with E-state index in [1.165, 1.54) is 11.6 Å². The molecule has 2 aromatic rings. The van der Waals surface area contributed by atoms with Crippen molar-refractivity contribution in [1.82, 2.24) is 0 Å². The average Bonchev–Trinajstić information content (AvgIpc) is 2.62. The predicted octanol–water partition coefficient (Wildman–Crippen LogP) is 6.10. The molecule has 1 unspecified atom stereocenters. The highest BCUT2D eigenvalue weighted by Crippen LogP contribution is 2.39. The minimum atomic E-state index is -0.390. The molecule has 0 N–H and O–H groups in total. The molecule has 2 rings (SSSR count). The Balaban J connectivity index is 2.36. The SMILES string of the molecule is Cc1cc(C(Br)c2ccc(F)c(Cl)c2)sc1Br. The van der Waals surface area contributed by atoms with Crippen molar-refractivity contribution in [3.63, 3.8) is 0 Å². The standard InChI is InChI=1S/C12H8Br2ClFS/c1-6-4-10(17-12(6)14)11(13)7-2-3-9(16)8(15)5-7/h2-5,11H,1H3. The molecule has 0 nitrogen and oxygen atoms in total. The van der Waals surface area contributed by atoms with E-state index in [9.17, 15) is 4.39 Å². The third-order valence-electron chi connectivity index (χ3n) is 2.36. The molecule has 0 aliphatic heterocycles. The van der Waals surface area contributed by atoms with E-state index in [1.807, 2.05) is 6.92 Å². The first kappa shape index (κ1) is 13.5. The van der Waals surface area contributed by atoms with Crippen LogP contribution in [0.1, 0.15) is 20.8 Å². The van der Waals surface area contributed by atoms with Gasteiger partial charge in [-0.25, -0.2) is 4.39 Å². The van der Waals surface area contributed by atoms with E-state index in [-0.39, 0.29) is 9.85 Å². The first-order chi connectivity index (χ1) is 7.99. The van der Waals surface area contributed by atoms with Crippen LogP contribution in [-0.2, 0) is 0 Å². The Morgan fingerprint density at radius 1 is 1.35 bits per heavy atom. The lowest BCUT2D eigenvalue weighted by Gasteiger charge is -2.08. The molecule has 0 fully saturated rings. The Hall–Kier alpha value is 0.100. The van der Waals surface area contributed by atoms with Gasteiger partial charge in [-0.05, 0) is 52.2 Å². The first-order valence-corrected chi connectivity index (χ1v) is 7.74. The average molecular weight is 399 g/mol. The monoisotopic (exact) mass is 396 g/mol. The van der Waals surface area contributed by atoms with Crippen molar-refractivity contribution < 1.29 is 4.39 Å². The zero-order valence-electron chi connectivity index (χ0n) is 8.81. The van der Waals surface area contributed by atoms with Crippen LogP contribution >= 0.6 is 54.8 Å². The maximum Gasteiger partial charge on any atom is 0.141 e. The summed E-state index contributed by atoms with van der Waals surface area (Å²) in [6, 6.07) is 6.88. The number of aryl methyl sites for hydroxylation is 1. The van der Waals surface area contributed by atoms with Crippen molar-refractivity contribution in [2.24, 2.45) is 0 Å². The largest absolute Gasteiger partial charge is 0.205 e. The van der Waals surface area contributed by atoms with Crippen molar-refractivity contribution in [3.8, 4) is 0 Å². The maximum absolute atomic E-state index is 13.1. The second-order valence-corrected chi connectivity index (χ2v) is 7.37. The van der Waals surface area contributed by atoms with Gasteiger partial charge in [0.1, 0.15) is 5.82 Å². The van der Waals surface area contributed by atoms with Crippen LogP contribution in [0.4, 0.5) is 4.39 Å². The molecule has 0 amide bonds. The summed E-state index contributed by atoms with van der Waals surface area (Å²) in [5.41, 5.74) is 2.15. The van der Waals surface area contributed by atoms with Gasteiger partial charge in [-0.3, -0.25) is 0 Å². The number of hydrogen-bond acceptors (Lipinski definition) is 1. The van der Waals surface area contributed by atoms with E-state index in [4.69, 9.17) is 11.6 Å². The fourth-order valence-corrected chi connectivity index (χ4v) is 3.91. The second-order valence-electron chi connectivity index (χ2n) is 3.64. The van der Waals surface area contributed by atoms with Gasteiger partial charge in [-0.15, -0.1) is 11.3 Å². The Bertz CT molecular complexity index is 534. The highest BCUT2D eigenvalue weighted by Gasteiger charge is 2.15. The Morgan fingerprint density at radius 3 is 2.59 bits per heavy atom. The van der Waals surface area contributed by atoms with Crippen LogP contribution in [0.25, 0.3) is 0 Å². The van der Waals surface area contributed by atoms with Crippen LogP contribution in [0.2, 0.25) is 5.02 Å². The summed E-state index contributed by atoms with van der Waals surface area (Å²) in [4.78, 5) is 1.20. The zero-order chi connectivity index (χ0) is 12.6. The van der Waals surface area contributed by atoms with Gasteiger partial charge in [-0.2, -0.15) is 0 Å². The summed E-state index contributed by atoms with van der Waals surface area (Å²) >= 11 is 14.5. The van der Waals surface area contributed by atoms with Crippen LogP contribution in [0.3, 0.4) is 0 Å². The quantitative estimate of drug-likeness (QED) is 0.537. The molecule has 0 aliphatic rings. The Kier molecular flexibility index (Phi) is 4.29. The van der Waals surface area contributed by atoms with Gasteiger partial charge in [0.15, 0.2) is 0 Å². The van der Waals surface area contributed by atoms with E-state index in [0.717, 1.165) is 14.2 Å². The van der Waals surface area contributed by atoms with Gasteiger partial charge >= 0.3 is 0 Å². The van der Waals surface area contributed by atoms with Crippen molar-refractivity contribution in [3.05, 3.63) is 54.9 Å². The van der Waals surface area contributed by atoms with Gasteiger partial charge < -0.3 is 0 Å². The van der Waals surface area contributed by atoms with Crippen LogP contribution in [0.5, 0.6) is 0 Å². The molecular formula is C12H8Br2ClFS. The molecule has 0 radical (unpaired) electrons. The Labute approximate surface area is 125 Å². The highest BCUT2D eigenvalue weighted by atomic mass is 79.9. The molecule has 0 bridgehead atoms. The molecule has 0 spiro atoms. The van der Waals surface area contributed by atoms with Gasteiger partial charge in [0.25, 0.3) is 0 Å². The number of alkyl halides is 1. The zero-order valence-corrected chi connectivity index (χ0v) is 13.6. The maximum atomic E-state index is 13.1. The van der Waals surface area contributed by atoms with Gasteiger partial charge in [-0.1, -0.05) is 33.6 Å². The molecule has 1 atom stereocenters. The lowest BCUT2D eigenvalue weighted by atomic mass is 10.1. The van der Waals surface area contributed by atoms with Crippen molar-refractivity contribution in [2.45, 2.75) is 11.8 Å². The van der Waals surface area contributed by atoms with Gasteiger partial charge in [0, 0.05) is 4.88 Å². The molecule has 1 aromatic carbocycles. The lowest BCUT2D eigenvalue weighted by molar-refractivity contribution is 0.627. The van der Waals surface area contributed by atoms with Crippen LogP contribution in [0.15, 0.2) is 28.1 Å². The summed E-state index contributed by atoms with van der Waals surface area (Å²) in [6.07, 6.45) is 0. The number of hydrogen-bond donors (Lipinski definition) is 0. The minimum Gasteiger partial charge on any atom is -0.205 e. The highest BCUT2D eigenvalue weighted by molar-refractivity contribution is 9.11. The van der Waals surface area contributed by atoms with Crippen molar-refractivity contribution in [1.29, 1.82) is 0 Å². The minimum absolute atomic E-state index is 0.0376. The summed E-state index contributed by atoms with van der Waals surface area (Å²) in [6.45, 7) is 2.04. The molecule has 0 saturated heterocycles. The summed E-state index contributed by atoms with van der Waals surface area (Å²) in [7, 11) is 0.